The topological polar surface area (TPSA) is 77.2 Å². The molecular formula is C16H22ClN3O2S2. The first kappa shape index (κ1) is 19.3. The zero-order chi connectivity index (χ0) is 16.2. The molecule has 3 rings (SSSR count). The monoisotopic (exact) mass is 387 g/mol. The van der Waals surface area contributed by atoms with Gasteiger partial charge in [-0.15, -0.1) is 35.1 Å². The molecule has 0 spiro atoms. The SMILES string of the molecule is Cc1nc(-c2ccc(CCNC(=O)[C@@H]3CC[C@H](CN)O3)s2)cs1.Cl. The smallest absolute Gasteiger partial charge is 0.249 e. The Hall–Kier alpha value is -0.990. The maximum absolute atomic E-state index is 12.0. The lowest BCUT2D eigenvalue weighted by molar-refractivity contribution is -0.131. The molecule has 1 amide bonds. The highest BCUT2D eigenvalue weighted by Crippen LogP contribution is 2.29. The third-order valence-electron chi connectivity index (χ3n) is 3.87. The third-order valence-corrected chi connectivity index (χ3v) is 5.81. The zero-order valence-electron chi connectivity index (χ0n) is 13.5. The lowest BCUT2D eigenvalue weighted by Crippen LogP contribution is -2.36. The van der Waals surface area contributed by atoms with Crippen LogP contribution in [0.4, 0.5) is 0 Å². The summed E-state index contributed by atoms with van der Waals surface area (Å²) in [6.07, 6.45) is 2.16. The van der Waals surface area contributed by atoms with Gasteiger partial charge in [0.15, 0.2) is 0 Å². The molecule has 0 radical (unpaired) electrons. The van der Waals surface area contributed by atoms with Crippen LogP contribution in [-0.4, -0.2) is 36.2 Å². The Labute approximate surface area is 156 Å². The van der Waals surface area contributed by atoms with E-state index in [0.717, 1.165) is 30.0 Å². The number of rotatable bonds is 6. The van der Waals surface area contributed by atoms with Crippen molar-refractivity contribution in [2.24, 2.45) is 5.73 Å². The van der Waals surface area contributed by atoms with Gasteiger partial charge in [-0.05, 0) is 38.3 Å². The molecule has 1 fully saturated rings. The van der Waals surface area contributed by atoms with Crippen LogP contribution in [0.25, 0.3) is 10.6 Å². The minimum atomic E-state index is -0.333. The minimum Gasteiger partial charge on any atom is -0.364 e. The van der Waals surface area contributed by atoms with Crippen molar-refractivity contribution in [3.63, 3.8) is 0 Å². The van der Waals surface area contributed by atoms with Crippen LogP contribution >= 0.6 is 35.1 Å². The predicted molar refractivity (Wildman–Crippen MR) is 101 cm³/mol. The minimum absolute atomic E-state index is 0. The highest BCUT2D eigenvalue weighted by molar-refractivity contribution is 7.16. The molecule has 2 atom stereocenters. The zero-order valence-corrected chi connectivity index (χ0v) is 15.9. The predicted octanol–water partition coefficient (Wildman–Crippen LogP) is 2.77. The van der Waals surface area contributed by atoms with E-state index in [9.17, 15) is 4.79 Å². The number of amides is 1. The maximum Gasteiger partial charge on any atom is 0.249 e. The molecule has 0 unspecified atom stereocenters. The first-order valence-corrected chi connectivity index (χ1v) is 9.50. The van der Waals surface area contributed by atoms with Gasteiger partial charge in [0.05, 0.1) is 21.7 Å². The summed E-state index contributed by atoms with van der Waals surface area (Å²) < 4.78 is 5.60. The number of nitrogens with one attached hydrogen (secondary N) is 1. The van der Waals surface area contributed by atoms with Gasteiger partial charge in [0.25, 0.3) is 0 Å². The van der Waals surface area contributed by atoms with Crippen LogP contribution in [0.3, 0.4) is 0 Å². The molecule has 1 aliphatic rings. The number of ether oxygens (including phenoxy) is 1. The van der Waals surface area contributed by atoms with Crippen LogP contribution < -0.4 is 11.1 Å². The number of thiophene rings is 1. The van der Waals surface area contributed by atoms with Gasteiger partial charge in [-0.2, -0.15) is 0 Å². The molecule has 1 aliphatic heterocycles. The Bertz CT molecular complexity index is 674. The summed E-state index contributed by atoms with van der Waals surface area (Å²) in [5, 5.41) is 6.12. The molecule has 0 aliphatic carbocycles. The van der Waals surface area contributed by atoms with Crippen LogP contribution in [-0.2, 0) is 16.0 Å². The van der Waals surface area contributed by atoms with Crippen molar-refractivity contribution < 1.29 is 9.53 Å². The molecule has 24 heavy (non-hydrogen) atoms. The van der Waals surface area contributed by atoms with E-state index < -0.39 is 0 Å². The number of carbonyl (C=O) groups excluding carboxylic acids is 1. The van der Waals surface area contributed by atoms with Crippen LogP contribution in [0.5, 0.6) is 0 Å². The summed E-state index contributed by atoms with van der Waals surface area (Å²) in [4.78, 5) is 19.0. The van der Waals surface area contributed by atoms with Crippen LogP contribution in [0.15, 0.2) is 17.5 Å². The molecule has 3 heterocycles. The number of thiazole rings is 1. The second-order valence-electron chi connectivity index (χ2n) is 5.62. The summed E-state index contributed by atoms with van der Waals surface area (Å²) in [7, 11) is 0. The Balaban J connectivity index is 0.00000208. The number of hydrogen-bond donors (Lipinski definition) is 2. The summed E-state index contributed by atoms with van der Waals surface area (Å²) in [5.41, 5.74) is 6.61. The molecule has 132 valence electrons. The van der Waals surface area contributed by atoms with Gasteiger partial charge in [-0.3, -0.25) is 4.79 Å². The first-order valence-electron chi connectivity index (χ1n) is 7.80. The van der Waals surface area contributed by atoms with E-state index >= 15 is 0 Å². The van der Waals surface area contributed by atoms with E-state index in [-0.39, 0.29) is 30.5 Å². The fourth-order valence-corrected chi connectivity index (χ4v) is 4.28. The molecule has 8 heteroatoms. The van der Waals surface area contributed by atoms with Crippen molar-refractivity contribution in [3.8, 4) is 10.6 Å². The number of nitrogens with two attached hydrogens (primary N) is 1. The van der Waals surface area contributed by atoms with E-state index in [0.29, 0.717) is 13.1 Å². The van der Waals surface area contributed by atoms with Crippen molar-refractivity contribution in [3.05, 3.63) is 27.4 Å². The van der Waals surface area contributed by atoms with Crippen molar-refractivity contribution in [2.45, 2.75) is 38.4 Å². The maximum atomic E-state index is 12.0. The summed E-state index contributed by atoms with van der Waals surface area (Å²) in [5.74, 6) is -0.0205. The largest absolute Gasteiger partial charge is 0.364 e. The standard InChI is InChI=1S/C16H21N3O2S2.ClH/c1-10-19-13(9-22-10)15-5-3-12(23-15)6-7-18-16(20)14-4-2-11(8-17)21-14;/h3,5,9,11,14H,2,4,6-8,17H2,1H3,(H,18,20);1H/t11-,14+;/m1./s1. The molecular weight excluding hydrogens is 366 g/mol. The van der Waals surface area contributed by atoms with Crippen LogP contribution in [0.1, 0.15) is 22.7 Å². The number of carbonyl (C=O) groups is 1. The fraction of sp³-hybridized carbons (Fsp3) is 0.500. The summed E-state index contributed by atoms with van der Waals surface area (Å²) in [6.45, 7) is 3.12. The molecule has 0 saturated carbocycles. The Morgan fingerprint density at radius 3 is 2.96 bits per heavy atom. The second kappa shape index (κ2) is 8.92. The number of halogens is 1. The highest BCUT2D eigenvalue weighted by Gasteiger charge is 2.29. The molecule has 3 N–H and O–H groups in total. The normalized spacial score (nSPS) is 19.9. The first-order chi connectivity index (χ1) is 11.2. The number of hydrogen-bond acceptors (Lipinski definition) is 6. The number of nitrogens with zero attached hydrogens (tertiary/aromatic N) is 1. The van der Waals surface area contributed by atoms with Gasteiger partial charge in [-0.25, -0.2) is 4.98 Å². The van der Waals surface area contributed by atoms with E-state index in [1.807, 2.05) is 6.92 Å². The van der Waals surface area contributed by atoms with E-state index in [1.54, 1.807) is 22.7 Å². The molecule has 2 aromatic rings. The van der Waals surface area contributed by atoms with Gasteiger partial charge in [0, 0.05) is 23.3 Å². The third kappa shape index (κ3) is 4.77. The molecule has 0 aromatic carbocycles. The van der Waals surface area contributed by atoms with Crippen LogP contribution in [0.2, 0.25) is 0 Å². The molecule has 1 saturated heterocycles. The molecule has 5 nitrogen and oxygen atoms in total. The summed E-state index contributed by atoms with van der Waals surface area (Å²) >= 11 is 3.39. The quantitative estimate of drug-likeness (QED) is 0.798. The van der Waals surface area contributed by atoms with Gasteiger partial charge >= 0.3 is 0 Å². The second-order valence-corrected chi connectivity index (χ2v) is 7.85. The van der Waals surface area contributed by atoms with E-state index in [2.05, 4.69) is 27.8 Å². The van der Waals surface area contributed by atoms with Gasteiger partial charge in [-0.1, -0.05) is 0 Å². The van der Waals surface area contributed by atoms with Crippen LogP contribution in [0, 0.1) is 6.92 Å². The Morgan fingerprint density at radius 1 is 1.46 bits per heavy atom. The Kier molecular flexibility index (Phi) is 7.18. The van der Waals surface area contributed by atoms with Gasteiger partial charge < -0.3 is 15.8 Å². The number of aromatic nitrogens is 1. The van der Waals surface area contributed by atoms with Gasteiger partial charge in [0.2, 0.25) is 5.91 Å². The highest BCUT2D eigenvalue weighted by atomic mass is 35.5. The van der Waals surface area contributed by atoms with Crippen molar-refractivity contribution in [1.29, 1.82) is 0 Å². The molecule has 2 aromatic heterocycles. The molecule has 0 bridgehead atoms. The van der Waals surface area contributed by atoms with E-state index in [1.165, 1.54) is 9.75 Å². The lowest BCUT2D eigenvalue weighted by atomic mass is 10.2. The van der Waals surface area contributed by atoms with Crippen molar-refractivity contribution in [2.75, 3.05) is 13.1 Å². The number of aryl methyl sites for hydroxylation is 1. The van der Waals surface area contributed by atoms with Crippen molar-refractivity contribution in [1.82, 2.24) is 10.3 Å². The lowest BCUT2D eigenvalue weighted by Gasteiger charge is -2.12. The average molecular weight is 388 g/mol. The van der Waals surface area contributed by atoms with Gasteiger partial charge in [0.1, 0.15) is 6.10 Å². The fourth-order valence-electron chi connectivity index (χ4n) is 2.62. The van der Waals surface area contributed by atoms with Crippen molar-refractivity contribution >= 4 is 41.0 Å². The average Bonchev–Trinajstić information content (AvgIpc) is 3.26. The Morgan fingerprint density at radius 2 is 2.29 bits per heavy atom. The van der Waals surface area contributed by atoms with E-state index in [4.69, 9.17) is 10.5 Å². The summed E-state index contributed by atoms with van der Waals surface area (Å²) in [6, 6.07) is 4.21.